The van der Waals surface area contributed by atoms with Crippen LogP contribution >= 0.6 is 0 Å². The van der Waals surface area contributed by atoms with Crippen LogP contribution in [-0.2, 0) is 9.53 Å². The Morgan fingerprint density at radius 2 is 2.12 bits per heavy atom. The van der Waals surface area contributed by atoms with Crippen LogP contribution in [0.2, 0.25) is 0 Å². The zero-order chi connectivity index (χ0) is 12.8. The van der Waals surface area contributed by atoms with Crippen molar-refractivity contribution in [3.05, 3.63) is 11.3 Å². The van der Waals surface area contributed by atoms with Crippen LogP contribution in [0.15, 0.2) is 11.3 Å². The Labute approximate surface area is 102 Å². The van der Waals surface area contributed by atoms with Crippen LogP contribution in [0.5, 0.6) is 0 Å². The maximum atomic E-state index is 11.7. The number of allylic oxidation sites excluding steroid dienone is 1. The Morgan fingerprint density at radius 1 is 1.41 bits per heavy atom. The highest BCUT2D eigenvalue weighted by atomic mass is 16.5. The van der Waals surface area contributed by atoms with E-state index in [0.29, 0.717) is 11.3 Å². The molecular formula is C12H20N2O3. The topological polar surface area (TPSA) is 67.4 Å². The normalized spacial score (nSPS) is 19.7. The molecule has 0 aromatic rings. The van der Waals surface area contributed by atoms with E-state index in [1.165, 1.54) is 7.11 Å². The number of nitrogens with one attached hydrogen (secondary N) is 2. The van der Waals surface area contributed by atoms with Gasteiger partial charge in [-0.05, 0) is 13.3 Å². The average Bonchev–Trinajstić information content (AvgIpc) is 2.28. The fraction of sp³-hybridized carbons (Fsp3) is 0.667. The molecule has 0 bridgehead atoms. The summed E-state index contributed by atoms with van der Waals surface area (Å²) in [5.74, 6) is -0.378. The van der Waals surface area contributed by atoms with E-state index in [1.807, 2.05) is 0 Å². The molecular weight excluding hydrogens is 220 g/mol. The first-order valence-electron chi connectivity index (χ1n) is 5.96. The molecule has 1 aliphatic rings. The highest BCUT2D eigenvalue weighted by molar-refractivity contribution is 5.94. The Kier molecular flexibility index (Phi) is 5.00. The lowest BCUT2D eigenvalue weighted by molar-refractivity contribution is -0.136. The molecule has 2 amide bonds. The van der Waals surface area contributed by atoms with Crippen LogP contribution in [0.25, 0.3) is 0 Å². The number of carbonyl (C=O) groups is 2. The zero-order valence-electron chi connectivity index (χ0n) is 10.6. The molecule has 0 unspecified atom stereocenters. The number of rotatable bonds is 5. The van der Waals surface area contributed by atoms with Crippen molar-refractivity contribution in [3.63, 3.8) is 0 Å². The summed E-state index contributed by atoms with van der Waals surface area (Å²) in [4.78, 5) is 23.0. The molecule has 0 saturated heterocycles. The Hall–Kier alpha value is -1.52. The summed E-state index contributed by atoms with van der Waals surface area (Å²) in [5.41, 5.74) is 1.12. The predicted molar refractivity (Wildman–Crippen MR) is 64.3 cm³/mol. The fourth-order valence-corrected chi connectivity index (χ4v) is 1.99. The number of ether oxygens (including phenoxy) is 1. The molecule has 2 N–H and O–H groups in total. The van der Waals surface area contributed by atoms with Crippen LogP contribution in [-0.4, -0.2) is 25.2 Å². The zero-order valence-corrected chi connectivity index (χ0v) is 10.6. The van der Waals surface area contributed by atoms with Crippen molar-refractivity contribution in [1.29, 1.82) is 0 Å². The van der Waals surface area contributed by atoms with E-state index in [4.69, 9.17) is 4.74 Å². The lowest BCUT2D eigenvalue weighted by Gasteiger charge is -2.27. The Morgan fingerprint density at radius 3 is 2.71 bits per heavy atom. The fourth-order valence-electron chi connectivity index (χ4n) is 1.99. The van der Waals surface area contributed by atoms with Gasteiger partial charge in [0.05, 0.1) is 18.7 Å². The summed E-state index contributed by atoms with van der Waals surface area (Å²) in [7, 11) is 1.35. The van der Waals surface area contributed by atoms with Gasteiger partial charge in [-0.2, -0.15) is 0 Å². The van der Waals surface area contributed by atoms with E-state index >= 15 is 0 Å². The number of amides is 2. The molecule has 0 aromatic carbocycles. The first kappa shape index (κ1) is 13.5. The first-order valence-corrected chi connectivity index (χ1v) is 5.96. The van der Waals surface area contributed by atoms with Crippen LogP contribution in [0, 0.1) is 0 Å². The van der Waals surface area contributed by atoms with E-state index < -0.39 is 0 Å². The molecule has 1 rings (SSSR count). The summed E-state index contributed by atoms with van der Waals surface area (Å²) in [6, 6.07) is -0.487. The first-order chi connectivity index (χ1) is 8.10. The van der Waals surface area contributed by atoms with Crippen LogP contribution in [0.3, 0.4) is 0 Å². The Balaban J connectivity index is 2.79. The molecule has 0 spiro atoms. The molecule has 1 aliphatic heterocycles. The minimum Gasteiger partial charge on any atom is -0.466 e. The second kappa shape index (κ2) is 6.27. The number of unbranched alkanes of at least 4 members (excludes halogenated alkanes) is 2. The van der Waals surface area contributed by atoms with E-state index in [2.05, 4.69) is 17.6 Å². The monoisotopic (exact) mass is 240 g/mol. The van der Waals surface area contributed by atoms with Crippen LogP contribution in [0.4, 0.5) is 4.79 Å². The highest BCUT2D eigenvalue weighted by Crippen LogP contribution is 2.18. The predicted octanol–water partition coefficient (Wildman–Crippen LogP) is 1.70. The van der Waals surface area contributed by atoms with Gasteiger partial charge in [-0.15, -0.1) is 0 Å². The minimum atomic E-state index is -0.378. The van der Waals surface area contributed by atoms with Gasteiger partial charge in [-0.3, -0.25) is 0 Å². The molecule has 96 valence electrons. The van der Waals surface area contributed by atoms with Crippen molar-refractivity contribution in [1.82, 2.24) is 10.6 Å². The summed E-state index contributed by atoms with van der Waals surface area (Å²) in [5, 5.41) is 5.36. The second-order valence-corrected chi connectivity index (χ2v) is 4.18. The molecule has 17 heavy (non-hydrogen) atoms. The van der Waals surface area contributed by atoms with Gasteiger partial charge in [-0.25, -0.2) is 9.59 Å². The van der Waals surface area contributed by atoms with Gasteiger partial charge in [0.2, 0.25) is 0 Å². The summed E-state index contributed by atoms with van der Waals surface area (Å²) in [6.45, 7) is 3.83. The smallest absolute Gasteiger partial charge is 0.337 e. The number of hydrogen-bond acceptors (Lipinski definition) is 3. The van der Waals surface area contributed by atoms with Crippen molar-refractivity contribution >= 4 is 12.0 Å². The molecule has 5 nitrogen and oxygen atoms in total. The number of methoxy groups -OCH3 is 1. The minimum absolute atomic E-state index is 0.234. The molecule has 0 saturated carbocycles. The van der Waals surface area contributed by atoms with Gasteiger partial charge in [0.25, 0.3) is 0 Å². The highest BCUT2D eigenvalue weighted by Gasteiger charge is 2.29. The van der Waals surface area contributed by atoms with E-state index in [9.17, 15) is 9.59 Å². The molecule has 1 heterocycles. The summed E-state index contributed by atoms with van der Waals surface area (Å²) >= 11 is 0. The van der Waals surface area contributed by atoms with Crippen LogP contribution in [0.1, 0.15) is 39.5 Å². The maximum Gasteiger partial charge on any atom is 0.337 e. The largest absolute Gasteiger partial charge is 0.466 e. The lowest BCUT2D eigenvalue weighted by Crippen LogP contribution is -2.49. The number of carbonyl (C=O) groups excluding carboxylic acids is 2. The molecule has 1 atom stereocenters. The summed E-state index contributed by atoms with van der Waals surface area (Å²) in [6.07, 6.45) is 3.95. The van der Waals surface area contributed by atoms with Crippen molar-refractivity contribution in [2.45, 2.75) is 45.6 Å². The molecule has 0 aromatic heterocycles. The number of esters is 1. The van der Waals surface area contributed by atoms with Crippen molar-refractivity contribution in [2.75, 3.05) is 7.11 Å². The van der Waals surface area contributed by atoms with Gasteiger partial charge in [0.1, 0.15) is 0 Å². The van der Waals surface area contributed by atoms with Crippen LogP contribution < -0.4 is 10.6 Å². The molecule has 5 heteroatoms. The summed E-state index contributed by atoms with van der Waals surface area (Å²) < 4.78 is 4.74. The number of hydrogen-bond donors (Lipinski definition) is 2. The molecule has 0 aliphatic carbocycles. The second-order valence-electron chi connectivity index (χ2n) is 4.18. The molecule has 0 fully saturated rings. The standard InChI is InChI=1S/C12H20N2O3/c1-4-5-6-7-9-10(11(15)17-3)8(2)13-12(16)14-9/h9H,4-7H2,1-3H3,(H2,13,14,16)/t9-/m1/s1. The quantitative estimate of drug-likeness (QED) is 0.567. The average molecular weight is 240 g/mol. The van der Waals surface area contributed by atoms with Crippen molar-refractivity contribution in [2.24, 2.45) is 0 Å². The van der Waals surface area contributed by atoms with E-state index in [1.54, 1.807) is 6.92 Å². The Bertz CT molecular complexity index is 337. The third-order valence-corrected chi connectivity index (χ3v) is 2.86. The third kappa shape index (κ3) is 3.47. The van der Waals surface area contributed by atoms with E-state index in [0.717, 1.165) is 25.7 Å². The van der Waals surface area contributed by atoms with Gasteiger partial charge < -0.3 is 15.4 Å². The van der Waals surface area contributed by atoms with Gasteiger partial charge in [0.15, 0.2) is 0 Å². The number of urea groups is 1. The van der Waals surface area contributed by atoms with E-state index in [-0.39, 0.29) is 18.0 Å². The lowest BCUT2D eigenvalue weighted by atomic mass is 9.97. The third-order valence-electron chi connectivity index (χ3n) is 2.86. The molecule has 0 radical (unpaired) electrons. The van der Waals surface area contributed by atoms with Crippen molar-refractivity contribution < 1.29 is 14.3 Å². The SMILES string of the molecule is CCCCC[C@H]1NC(=O)NC(C)=C1C(=O)OC. The van der Waals surface area contributed by atoms with Gasteiger partial charge >= 0.3 is 12.0 Å². The van der Waals surface area contributed by atoms with Gasteiger partial charge in [-0.1, -0.05) is 26.2 Å². The van der Waals surface area contributed by atoms with Crippen molar-refractivity contribution in [3.8, 4) is 0 Å². The van der Waals surface area contributed by atoms with Gasteiger partial charge in [0, 0.05) is 5.70 Å². The maximum absolute atomic E-state index is 11.7.